The van der Waals surface area contributed by atoms with E-state index in [1.807, 2.05) is 18.2 Å². The van der Waals surface area contributed by atoms with E-state index in [9.17, 15) is 13.2 Å². The Morgan fingerprint density at radius 3 is 2.17 bits per heavy atom. The van der Waals surface area contributed by atoms with Crippen molar-refractivity contribution in [3.63, 3.8) is 0 Å². The van der Waals surface area contributed by atoms with Gasteiger partial charge < -0.3 is 5.11 Å². The van der Waals surface area contributed by atoms with Gasteiger partial charge in [0.05, 0.1) is 12.7 Å². The molecule has 0 saturated heterocycles. The SMILES string of the molecule is CS(=O)(=O)N(Cc1ccc(C2CCCCC2)cc1)Cc1cccc(CC(=O)O)c1.[NaH]. The molecule has 1 aliphatic carbocycles. The molecule has 7 heteroatoms. The molecule has 0 aromatic heterocycles. The number of rotatable bonds is 8. The van der Waals surface area contributed by atoms with Crippen molar-refractivity contribution in [1.82, 2.24) is 4.31 Å². The van der Waals surface area contributed by atoms with E-state index in [1.165, 1.54) is 48.2 Å². The molecule has 30 heavy (non-hydrogen) atoms. The van der Waals surface area contributed by atoms with Gasteiger partial charge in [-0.2, -0.15) is 4.31 Å². The van der Waals surface area contributed by atoms with Crippen LogP contribution in [0.4, 0.5) is 0 Å². The van der Waals surface area contributed by atoms with E-state index in [4.69, 9.17) is 5.11 Å². The summed E-state index contributed by atoms with van der Waals surface area (Å²) in [6, 6.07) is 15.4. The first-order chi connectivity index (χ1) is 13.8. The molecule has 1 fully saturated rings. The minimum atomic E-state index is -3.41. The molecular weight excluding hydrogens is 409 g/mol. The van der Waals surface area contributed by atoms with Crippen molar-refractivity contribution in [2.75, 3.05) is 6.26 Å². The van der Waals surface area contributed by atoms with Crippen LogP contribution in [0.5, 0.6) is 0 Å². The number of hydrogen-bond acceptors (Lipinski definition) is 3. The molecule has 2 aromatic rings. The predicted molar refractivity (Wildman–Crippen MR) is 121 cm³/mol. The van der Waals surface area contributed by atoms with Crippen LogP contribution in [-0.2, 0) is 34.3 Å². The summed E-state index contributed by atoms with van der Waals surface area (Å²) in [7, 11) is -3.41. The van der Waals surface area contributed by atoms with Gasteiger partial charge in [0, 0.05) is 13.1 Å². The monoisotopic (exact) mass is 439 g/mol. The Bertz CT molecular complexity index is 938. The molecule has 3 rings (SSSR count). The van der Waals surface area contributed by atoms with Gasteiger partial charge in [-0.3, -0.25) is 4.79 Å². The summed E-state index contributed by atoms with van der Waals surface area (Å²) in [4.78, 5) is 10.9. The van der Waals surface area contributed by atoms with Crippen LogP contribution in [-0.4, -0.2) is 59.6 Å². The van der Waals surface area contributed by atoms with Gasteiger partial charge in [-0.15, -0.1) is 0 Å². The normalized spacial score (nSPS) is 15.0. The summed E-state index contributed by atoms with van der Waals surface area (Å²) < 4.78 is 26.1. The van der Waals surface area contributed by atoms with E-state index in [2.05, 4.69) is 12.1 Å². The van der Waals surface area contributed by atoms with Gasteiger partial charge in [0.1, 0.15) is 0 Å². The molecule has 2 aromatic carbocycles. The van der Waals surface area contributed by atoms with Gasteiger partial charge in [0.15, 0.2) is 0 Å². The quantitative estimate of drug-likeness (QED) is 0.637. The van der Waals surface area contributed by atoms with E-state index in [1.54, 1.807) is 18.2 Å². The molecule has 0 unspecified atom stereocenters. The zero-order valence-electron chi connectivity index (χ0n) is 16.9. The molecule has 0 amide bonds. The van der Waals surface area contributed by atoms with Crippen LogP contribution in [0.2, 0.25) is 0 Å². The van der Waals surface area contributed by atoms with Gasteiger partial charge in [-0.1, -0.05) is 67.8 Å². The number of hydrogen-bond donors (Lipinski definition) is 1. The fourth-order valence-corrected chi connectivity index (χ4v) is 4.81. The Hall–Kier alpha value is -1.18. The molecule has 1 N–H and O–H groups in total. The number of carboxylic acid groups (broad SMARTS) is 1. The predicted octanol–water partition coefficient (Wildman–Crippen LogP) is 3.67. The second-order valence-electron chi connectivity index (χ2n) is 8.00. The second-order valence-corrected chi connectivity index (χ2v) is 9.98. The van der Waals surface area contributed by atoms with Crippen LogP contribution < -0.4 is 0 Å². The maximum atomic E-state index is 12.3. The maximum absolute atomic E-state index is 12.3. The standard InChI is InChI=1S/C23H29NO4S.Na.H/c1-29(27,28)24(17-20-7-5-6-19(14-20)15-23(25)26)16-18-10-12-22(13-11-18)21-8-3-2-4-9-21;;/h5-7,10-14,21H,2-4,8-9,15-17H2,1H3,(H,25,26);;. The second kappa shape index (κ2) is 11.4. The van der Waals surface area contributed by atoms with Crippen molar-refractivity contribution >= 4 is 45.5 Å². The van der Waals surface area contributed by atoms with Gasteiger partial charge in [0.25, 0.3) is 0 Å². The summed E-state index contributed by atoms with van der Waals surface area (Å²) in [5.41, 5.74) is 3.76. The fourth-order valence-electron chi connectivity index (χ4n) is 4.04. The zero-order valence-corrected chi connectivity index (χ0v) is 17.7. The van der Waals surface area contributed by atoms with E-state index >= 15 is 0 Å². The summed E-state index contributed by atoms with van der Waals surface area (Å²) in [6.07, 6.45) is 7.51. The number of sulfonamides is 1. The van der Waals surface area contributed by atoms with Crippen molar-refractivity contribution in [1.29, 1.82) is 0 Å². The van der Waals surface area contributed by atoms with Crippen molar-refractivity contribution in [2.45, 2.75) is 57.5 Å². The third-order valence-electron chi connectivity index (χ3n) is 5.59. The number of aliphatic carboxylic acids is 1. The van der Waals surface area contributed by atoms with Gasteiger partial charge >= 0.3 is 35.5 Å². The average Bonchev–Trinajstić information content (AvgIpc) is 2.68. The molecular formula is C23H30NNaO4S. The molecule has 0 spiro atoms. The first-order valence-electron chi connectivity index (χ1n) is 10.1. The van der Waals surface area contributed by atoms with Crippen molar-refractivity contribution < 1.29 is 18.3 Å². The fraction of sp³-hybridized carbons (Fsp3) is 0.435. The number of benzene rings is 2. The third-order valence-corrected chi connectivity index (χ3v) is 6.79. The zero-order chi connectivity index (χ0) is 20.9. The summed E-state index contributed by atoms with van der Waals surface area (Å²) in [5.74, 6) is -0.277. The van der Waals surface area contributed by atoms with Crippen molar-refractivity contribution in [3.05, 3.63) is 70.8 Å². The Labute approximate surface area is 201 Å². The van der Waals surface area contributed by atoms with E-state index < -0.39 is 16.0 Å². The topological polar surface area (TPSA) is 74.7 Å². The number of carbonyl (C=O) groups is 1. The Morgan fingerprint density at radius 2 is 1.57 bits per heavy atom. The van der Waals surface area contributed by atoms with Gasteiger partial charge in [0.2, 0.25) is 10.0 Å². The molecule has 158 valence electrons. The third kappa shape index (κ3) is 7.50. The summed E-state index contributed by atoms with van der Waals surface area (Å²) in [5, 5.41) is 8.97. The van der Waals surface area contributed by atoms with E-state index in [0.717, 1.165) is 11.1 Å². The molecule has 1 saturated carbocycles. The number of nitrogens with zero attached hydrogens (tertiary/aromatic N) is 1. The van der Waals surface area contributed by atoms with Crippen LogP contribution in [0.3, 0.4) is 0 Å². The Morgan fingerprint density at radius 1 is 0.967 bits per heavy atom. The van der Waals surface area contributed by atoms with Crippen LogP contribution in [0, 0.1) is 0 Å². The minimum absolute atomic E-state index is 0. The summed E-state index contributed by atoms with van der Waals surface area (Å²) >= 11 is 0. The molecule has 5 nitrogen and oxygen atoms in total. The van der Waals surface area contributed by atoms with Gasteiger partial charge in [-0.25, -0.2) is 8.42 Å². The van der Waals surface area contributed by atoms with Crippen LogP contribution in [0.1, 0.15) is 60.3 Å². The van der Waals surface area contributed by atoms with E-state index in [-0.39, 0.29) is 42.5 Å². The Balaban J connectivity index is 0.00000320. The Kier molecular flexibility index (Phi) is 9.57. The van der Waals surface area contributed by atoms with Gasteiger partial charge in [-0.05, 0) is 41.0 Å². The molecule has 0 bridgehead atoms. The first-order valence-corrected chi connectivity index (χ1v) is 12.0. The number of carboxylic acids is 1. The van der Waals surface area contributed by atoms with Crippen molar-refractivity contribution in [2.24, 2.45) is 0 Å². The molecule has 0 radical (unpaired) electrons. The van der Waals surface area contributed by atoms with Crippen LogP contribution in [0.25, 0.3) is 0 Å². The molecule has 0 aliphatic heterocycles. The van der Waals surface area contributed by atoms with Crippen LogP contribution >= 0.6 is 0 Å². The van der Waals surface area contributed by atoms with Crippen LogP contribution in [0.15, 0.2) is 48.5 Å². The van der Waals surface area contributed by atoms with Crippen molar-refractivity contribution in [3.8, 4) is 0 Å². The molecule has 0 heterocycles. The first kappa shape index (κ1) is 25.1. The van der Waals surface area contributed by atoms with E-state index in [0.29, 0.717) is 18.0 Å². The molecule has 1 aliphatic rings. The molecule has 0 atom stereocenters. The summed E-state index contributed by atoms with van der Waals surface area (Å²) in [6.45, 7) is 0.517. The average molecular weight is 440 g/mol.